The van der Waals surface area contributed by atoms with Gasteiger partial charge in [-0.25, -0.2) is 0 Å². The second-order valence-electron chi connectivity index (χ2n) is 5.23. The van der Waals surface area contributed by atoms with E-state index in [0.717, 1.165) is 18.4 Å². The van der Waals surface area contributed by atoms with E-state index in [0.29, 0.717) is 5.56 Å². The third-order valence-corrected chi connectivity index (χ3v) is 3.34. The van der Waals surface area contributed by atoms with E-state index in [1.807, 2.05) is 13.8 Å². The molecule has 1 rings (SSSR count). The number of benzene rings is 1. The summed E-state index contributed by atoms with van der Waals surface area (Å²) in [6, 6.07) is 5.20. The lowest BCUT2D eigenvalue weighted by Crippen LogP contribution is -2.32. The number of nitrogens with one attached hydrogen (secondary N) is 1. The molecular formula is C16H25NO2. The first-order chi connectivity index (χ1) is 9.04. The van der Waals surface area contributed by atoms with Crippen LogP contribution in [0, 0.1) is 6.92 Å². The van der Waals surface area contributed by atoms with Crippen LogP contribution < -0.4 is 5.32 Å². The normalized spacial score (nSPS) is 12.2. The molecule has 0 aliphatic heterocycles. The molecule has 1 aromatic rings. The average Bonchev–Trinajstić information content (AvgIpc) is 2.38. The molecule has 0 spiro atoms. The zero-order valence-electron chi connectivity index (χ0n) is 12.2. The van der Waals surface area contributed by atoms with E-state index in [2.05, 4.69) is 12.2 Å². The van der Waals surface area contributed by atoms with Crippen molar-refractivity contribution in [3.8, 4) is 5.75 Å². The van der Waals surface area contributed by atoms with Gasteiger partial charge >= 0.3 is 0 Å². The number of carbonyl (C=O) groups is 1. The fourth-order valence-electron chi connectivity index (χ4n) is 2.01. The summed E-state index contributed by atoms with van der Waals surface area (Å²) in [5.41, 5.74) is 1.30. The van der Waals surface area contributed by atoms with Crippen LogP contribution in [0.4, 0.5) is 0 Å². The number of rotatable bonds is 7. The number of aromatic hydroxyl groups is 1. The van der Waals surface area contributed by atoms with Crippen molar-refractivity contribution in [1.82, 2.24) is 5.32 Å². The molecule has 1 amide bonds. The Hall–Kier alpha value is -1.51. The average molecular weight is 263 g/mol. The maximum atomic E-state index is 12.0. The van der Waals surface area contributed by atoms with Gasteiger partial charge in [0.1, 0.15) is 5.75 Å². The first-order valence-corrected chi connectivity index (χ1v) is 7.15. The predicted octanol–water partition coefficient (Wildman–Crippen LogP) is 3.79. The molecule has 1 atom stereocenters. The molecule has 0 aliphatic rings. The molecule has 1 unspecified atom stereocenters. The Morgan fingerprint density at radius 1 is 1.32 bits per heavy atom. The van der Waals surface area contributed by atoms with Gasteiger partial charge in [0.15, 0.2) is 0 Å². The van der Waals surface area contributed by atoms with Crippen LogP contribution in [0.15, 0.2) is 18.2 Å². The molecule has 0 saturated heterocycles. The van der Waals surface area contributed by atoms with E-state index in [-0.39, 0.29) is 17.7 Å². The molecule has 3 heteroatoms. The third kappa shape index (κ3) is 5.33. The van der Waals surface area contributed by atoms with Crippen LogP contribution in [0.5, 0.6) is 5.75 Å². The van der Waals surface area contributed by atoms with Crippen molar-refractivity contribution in [2.24, 2.45) is 0 Å². The van der Waals surface area contributed by atoms with Gasteiger partial charge < -0.3 is 10.4 Å². The predicted molar refractivity (Wildman–Crippen MR) is 78.5 cm³/mol. The maximum absolute atomic E-state index is 12.0. The lowest BCUT2D eigenvalue weighted by atomic mass is 10.1. The van der Waals surface area contributed by atoms with Crippen LogP contribution in [0.2, 0.25) is 0 Å². The molecule has 0 aliphatic carbocycles. The Balaban J connectivity index is 2.43. The molecule has 0 saturated carbocycles. The van der Waals surface area contributed by atoms with Gasteiger partial charge in [-0.15, -0.1) is 0 Å². The lowest BCUT2D eigenvalue weighted by molar-refractivity contribution is 0.0937. The molecule has 1 aromatic carbocycles. The molecule has 0 bridgehead atoms. The summed E-state index contributed by atoms with van der Waals surface area (Å²) in [7, 11) is 0. The maximum Gasteiger partial charge on any atom is 0.251 e. The highest BCUT2D eigenvalue weighted by molar-refractivity contribution is 5.94. The number of hydrogen-bond donors (Lipinski definition) is 2. The van der Waals surface area contributed by atoms with Gasteiger partial charge in [0.2, 0.25) is 0 Å². The Labute approximate surface area is 116 Å². The van der Waals surface area contributed by atoms with E-state index < -0.39 is 0 Å². The number of hydrogen-bond acceptors (Lipinski definition) is 2. The molecule has 0 aromatic heterocycles. The highest BCUT2D eigenvalue weighted by Crippen LogP contribution is 2.17. The summed E-state index contributed by atoms with van der Waals surface area (Å²) >= 11 is 0. The van der Waals surface area contributed by atoms with Gasteiger partial charge in [0, 0.05) is 11.6 Å². The fraction of sp³-hybridized carbons (Fsp3) is 0.562. The SMILES string of the molecule is CCCCCCC(C)NC(=O)c1ccc(C)c(O)c1. The van der Waals surface area contributed by atoms with Crippen molar-refractivity contribution >= 4 is 5.91 Å². The summed E-state index contributed by atoms with van der Waals surface area (Å²) in [5.74, 6) is 0.0570. The summed E-state index contributed by atoms with van der Waals surface area (Å²) in [6.07, 6.45) is 5.86. The number of carbonyl (C=O) groups excluding carboxylic acids is 1. The minimum atomic E-state index is -0.113. The number of aryl methyl sites for hydroxylation is 1. The second kappa shape index (κ2) is 7.82. The molecule has 2 N–H and O–H groups in total. The zero-order valence-corrected chi connectivity index (χ0v) is 12.2. The number of unbranched alkanes of at least 4 members (excludes halogenated alkanes) is 3. The second-order valence-corrected chi connectivity index (χ2v) is 5.23. The van der Waals surface area contributed by atoms with Gasteiger partial charge in [0.05, 0.1) is 0 Å². The summed E-state index contributed by atoms with van der Waals surface area (Å²) in [5, 5.41) is 12.6. The highest BCUT2D eigenvalue weighted by Gasteiger charge is 2.10. The van der Waals surface area contributed by atoms with E-state index in [1.54, 1.807) is 12.1 Å². The number of phenols is 1. The number of amides is 1. The monoisotopic (exact) mass is 263 g/mol. The molecule has 106 valence electrons. The van der Waals surface area contributed by atoms with E-state index in [1.165, 1.54) is 25.3 Å². The molecule has 0 fully saturated rings. The van der Waals surface area contributed by atoms with Gasteiger partial charge in [-0.1, -0.05) is 38.7 Å². The smallest absolute Gasteiger partial charge is 0.251 e. The standard InChI is InChI=1S/C16H25NO2/c1-4-5-6-7-8-13(3)17-16(19)14-10-9-12(2)15(18)11-14/h9-11,13,18H,4-8H2,1-3H3,(H,17,19). The Morgan fingerprint density at radius 3 is 2.68 bits per heavy atom. The van der Waals surface area contributed by atoms with Crippen molar-refractivity contribution in [2.75, 3.05) is 0 Å². The summed E-state index contributed by atoms with van der Waals surface area (Å²) in [4.78, 5) is 12.0. The molecule has 19 heavy (non-hydrogen) atoms. The summed E-state index contributed by atoms with van der Waals surface area (Å²) < 4.78 is 0. The van der Waals surface area contributed by atoms with Crippen LogP contribution >= 0.6 is 0 Å². The van der Waals surface area contributed by atoms with E-state index >= 15 is 0 Å². The Bertz CT molecular complexity index is 415. The van der Waals surface area contributed by atoms with Crippen molar-refractivity contribution < 1.29 is 9.90 Å². The van der Waals surface area contributed by atoms with Crippen LogP contribution in [-0.2, 0) is 0 Å². The van der Waals surface area contributed by atoms with Crippen molar-refractivity contribution in [3.05, 3.63) is 29.3 Å². The van der Waals surface area contributed by atoms with E-state index in [9.17, 15) is 9.90 Å². The minimum absolute atomic E-state index is 0.113. The Morgan fingerprint density at radius 2 is 2.05 bits per heavy atom. The van der Waals surface area contributed by atoms with Crippen molar-refractivity contribution in [3.63, 3.8) is 0 Å². The third-order valence-electron chi connectivity index (χ3n) is 3.34. The van der Waals surface area contributed by atoms with Gasteiger partial charge in [-0.05, 0) is 38.0 Å². The molecular weight excluding hydrogens is 238 g/mol. The Kier molecular flexibility index (Phi) is 6.40. The van der Waals surface area contributed by atoms with Gasteiger partial charge in [-0.2, -0.15) is 0 Å². The lowest BCUT2D eigenvalue weighted by Gasteiger charge is -2.14. The molecule has 3 nitrogen and oxygen atoms in total. The minimum Gasteiger partial charge on any atom is -0.508 e. The van der Waals surface area contributed by atoms with E-state index in [4.69, 9.17) is 0 Å². The quantitative estimate of drug-likeness (QED) is 0.735. The van der Waals surface area contributed by atoms with Crippen molar-refractivity contribution in [1.29, 1.82) is 0 Å². The fourth-order valence-corrected chi connectivity index (χ4v) is 2.01. The van der Waals surface area contributed by atoms with Gasteiger partial charge in [-0.3, -0.25) is 4.79 Å². The number of phenolic OH excluding ortho intramolecular Hbond substituents is 1. The van der Waals surface area contributed by atoms with Crippen LogP contribution in [0.1, 0.15) is 61.9 Å². The van der Waals surface area contributed by atoms with Gasteiger partial charge in [0.25, 0.3) is 5.91 Å². The summed E-state index contributed by atoms with van der Waals surface area (Å²) in [6.45, 7) is 6.03. The highest BCUT2D eigenvalue weighted by atomic mass is 16.3. The first-order valence-electron chi connectivity index (χ1n) is 7.15. The largest absolute Gasteiger partial charge is 0.508 e. The van der Waals surface area contributed by atoms with Crippen LogP contribution in [0.25, 0.3) is 0 Å². The topological polar surface area (TPSA) is 49.3 Å². The molecule has 0 radical (unpaired) electrons. The van der Waals surface area contributed by atoms with Crippen molar-refractivity contribution in [2.45, 2.75) is 58.9 Å². The zero-order chi connectivity index (χ0) is 14.3. The van der Waals surface area contributed by atoms with Crippen LogP contribution in [-0.4, -0.2) is 17.1 Å². The first kappa shape index (κ1) is 15.5. The molecule has 0 heterocycles. The van der Waals surface area contributed by atoms with Crippen LogP contribution in [0.3, 0.4) is 0 Å².